The fourth-order valence-electron chi connectivity index (χ4n) is 2.51. The molecule has 0 spiro atoms. The third kappa shape index (κ3) is 3.21. The van der Waals surface area contributed by atoms with Gasteiger partial charge in [0.2, 0.25) is 0 Å². The van der Waals surface area contributed by atoms with Gasteiger partial charge in [0.05, 0.1) is 18.4 Å². The van der Waals surface area contributed by atoms with Crippen molar-refractivity contribution in [2.75, 3.05) is 27.2 Å². The second kappa shape index (κ2) is 6.26. The lowest BCUT2D eigenvalue weighted by Gasteiger charge is -2.34. The lowest BCUT2D eigenvalue weighted by Crippen LogP contribution is -2.47. The maximum atomic E-state index is 12.4. The second-order valence-corrected chi connectivity index (χ2v) is 7.65. The average molecular weight is 337 g/mol. The van der Waals surface area contributed by atoms with E-state index in [1.54, 1.807) is 24.7 Å². The number of rotatable bonds is 5. The van der Waals surface area contributed by atoms with Crippen LogP contribution in [0.3, 0.4) is 0 Å². The van der Waals surface area contributed by atoms with Gasteiger partial charge in [0, 0.05) is 33.0 Å². The van der Waals surface area contributed by atoms with Gasteiger partial charge in [-0.25, -0.2) is 0 Å². The van der Waals surface area contributed by atoms with Crippen molar-refractivity contribution in [1.29, 1.82) is 0 Å². The van der Waals surface area contributed by atoms with Gasteiger partial charge in [-0.2, -0.15) is 22.1 Å². The molecule has 124 valence electrons. The van der Waals surface area contributed by atoms with Crippen LogP contribution in [0.4, 0.5) is 0 Å². The van der Waals surface area contributed by atoms with E-state index < -0.39 is 10.2 Å². The highest BCUT2D eigenvalue weighted by Crippen LogP contribution is 2.24. The standard InChI is InChI=1S/C14H19N5O3S/c1-17(2)23(20,21)18-9-12-5-7-16-19(12)13(10-18)11-22-14-4-3-6-15-8-14/h3-8,13H,9-11H2,1-2H3. The summed E-state index contributed by atoms with van der Waals surface area (Å²) in [5.41, 5.74) is 0.849. The SMILES string of the molecule is CN(C)S(=O)(=O)N1Cc2ccnn2C(COc2cccnc2)C1. The van der Waals surface area contributed by atoms with Gasteiger partial charge in [0.1, 0.15) is 18.4 Å². The predicted octanol–water partition coefficient (Wildman–Crippen LogP) is 0.520. The van der Waals surface area contributed by atoms with Gasteiger partial charge >= 0.3 is 0 Å². The van der Waals surface area contributed by atoms with Crippen LogP contribution < -0.4 is 4.74 Å². The van der Waals surface area contributed by atoms with Crippen LogP contribution in [-0.2, 0) is 16.8 Å². The molecular weight excluding hydrogens is 318 g/mol. The molecule has 0 amide bonds. The molecule has 0 fully saturated rings. The topological polar surface area (TPSA) is 80.6 Å². The van der Waals surface area contributed by atoms with Crippen LogP contribution >= 0.6 is 0 Å². The summed E-state index contributed by atoms with van der Waals surface area (Å²) in [7, 11) is -0.418. The van der Waals surface area contributed by atoms with Gasteiger partial charge < -0.3 is 4.74 Å². The predicted molar refractivity (Wildman–Crippen MR) is 84.0 cm³/mol. The quantitative estimate of drug-likeness (QED) is 0.795. The number of fused-ring (bicyclic) bond motifs is 1. The Labute approximate surface area is 135 Å². The van der Waals surface area contributed by atoms with Gasteiger partial charge in [-0.15, -0.1) is 0 Å². The van der Waals surface area contributed by atoms with Crippen molar-refractivity contribution < 1.29 is 13.2 Å². The fraction of sp³-hybridized carbons (Fsp3) is 0.429. The molecule has 0 saturated heterocycles. The van der Waals surface area contributed by atoms with Crippen molar-refractivity contribution in [2.24, 2.45) is 0 Å². The maximum Gasteiger partial charge on any atom is 0.281 e. The molecule has 0 N–H and O–H groups in total. The normalized spacial score (nSPS) is 18.8. The lowest BCUT2D eigenvalue weighted by atomic mass is 10.2. The van der Waals surface area contributed by atoms with Crippen LogP contribution in [0, 0.1) is 0 Å². The minimum absolute atomic E-state index is 0.191. The molecule has 2 aromatic heterocycles. The van der Waals surface area contributed by atoms with E-state index in [2.05, 4.69) is 10.1 Å². The molecule has 1 atom stereocenters. The zero-order valence-corrected chi connectivity index (χ0v) is 13.8. The van der Waals surface area contributed by atoms with Gasteiger partial charge in [-0.3, -0.25) is 9.67 Å². The van der Waals surface area contributed by atoms with E-state index in [0.717, 1.165) is 5.69 Å². The highest BCUT2D eigenvalue weighted by molar-refractivity contribution is 7.86. The number of aromatic nitrogens is 3. The highest BCUT2D eigenvalue weighted by atomic mass is 32.2. The zero-order chi connectivity index (χ0) is 16.4. The Hall–Kier alpha value is -1.97. The molecule has 8 nitrogen and oxygen atoms in total. The Morgan fingerprint density at radius 3 is 2.87 bits per heavy atom. The molecule has 2 aromatic rings. The first-order valence-corrected chi connectivity index (χ1v) is 8.61. The minimum Gasteiger partial charge on any atom is -0.490 e. The van der Waals surface area contributed by atoms with Crippen LogP contribution in [0.2, 0.25) is 0 Å². The van der Waals surface area contributed by atoms with Crippen LogP contribution in [0.15, 0.2) is 36.8 Å². The maximum absolute atomic E-state index is 12.4. The van der Waals surface area contributed by atoms with Crippen molar-refractivity contribution in [3.05, 3.63) is 42.5 Å². The molecule has 0 saturated carbocycles. The summed E-state index contributed by atoms with van der Waals surface area (Å²) in [6.07, 6.45) is 4.98. The third-order valence-electron chi connectivity index (χ3n) is 3.72. The summed E-state index contributed by atoms with van der Waals surface area (Å²) < 4.78 is 35.0. The summed E-state index contributed by atoms with van der Waals surface area (Å²) >= 11 is 0. The monoisotopic (exact) mass is 337 g/mol. The molecule has 0 bridgehead atoms. The Balaban J connectivity index is 1.79. The second-order valence-electron chi connectivity index (χ2n) is 5.50. The fourth-order valence-corrected chi connectivity index (χ4v) is 3.63. The van der Waals surface area contributed by atoms with Crippen molar-refractivity contribution in [3.63, 3.8) is 0 Å². The number of hydrogen-bond donors (Lipinski definition) is 0. The first-order chi connectivity index (χ1) is 11.0. The van der Waals surface area contributed by atoms with Crippen molar-refractivity contribution >= 4 is 10.2 Å². The molecule has 3 rings (SSSR count). The minimum atomic E-state index is -3.48. The molecule has 23 heavy (non-hydrogen) atoms. The summed E-state index contributed by atoms with van der Waals surface area (Å²) in [5, 5.41) is 4.30. The summed E-state index contributed by atoms with van der Waals surface area (Å²) in [4.78, 5) is 4.00. The molecule has 1 unspecified atom stereocenters. The van der Waals surface area contributed by atoms with Gasteiger partial charge in [-0.1, -0.05) is 0 Å². The molecule has 0 aliphatic carbocycles. The molecular formula is C14H19N5O3S. The largest absolute Gasteiger partial charge is 0.490 e. The van der Waals surface area contributed by atoms with Gasteiger partial charge in [0.25, 0.3) is 10.2 Å². The van der Waals surface area contributed by atoms with Crippen LogP contribution in [0.5, 0.6) is 5.75 Å². The number of nitrogens with zero attached hydrogens (tertiary/aromatic N) is 5. The van der Waals surface area contributed by atoms with Gasteiger partial charge in [-0.05, 0) is 18.2 Å². The van der Waals surface area contributed by atoms with E-state index in [1.807, 2.05) is 16.8 Å². The molecule has 0 radical (unpaired) electrons. The summed E-state index contributed by atoms with van der Waals surface area (Å²) in [5.74, 6) is 0.647. The zero-order valence-electron chi connectivity index (χ0n) is 13.0. The van der Waals surface area contributed by atoms with E-state index in [0.29, 0.717) is 25.4 Å². The smallest absolute Gasteiger partial charge is 0.281 e. The van der Waals surface area contributed by atoms with E-state index in [4.69, 9.17) is 4.74 Å². The van der Waals surface area contributed by atoms with Crippen LogP contribution in [0.1, 0.15) is 11.7 Å². The average Bonchev–Trinajstić information content (AvgIpc) is 3.02. The molecule has 1 aliphatic heterocycles. The van der Waals surface area contributed by atoms with Crippen LogP contribution in [0.25, 0.3) is 0 Å². The molecule has 1 aliphatic rings. The first-order valence-electron chi connectivity index (χ1n) is 7.21. The highest BCUT2D eigenvalue weighted by Gasteiger charge is 2.34. The number of pyridine rings is 1. The Morgan fingerprint density at radius 1 is 1.35 bits per heavy atom. The van der Waals surface area contributed by atoms with E-state index in [1.165, 1.54) is 22.7 Å². The van der Waals surface area contributed by atoms with Crippen molar-refractivity contribution in [2.45, 2.75) is 12.6 Å². The van der Waals surface area contributed by atoms with E-state index >= 15 is 0 Å². The Bertz CT molecular complexity index is 760. The number of hydrogen-bond acceptors (Lipinski definition) is 5. The first kappa shape index (κ1) is 15.9. The third-order valence-corrected chi connectivity index (χ3v) is 5.57. The summed E-state index contributed by atoms with van der Waals surface area (Å²) in [6, 6.07) is 5.24. The van der Waals surface area contributed by atoms with Crippen LogP contribution in [-0.4, -0.2) is 59.0 Å². The van der Waals surface area contributed by atoms with E-state index in [-0.39, 0.29) is 6.04 Å². The summed E-state index contributed by atoms with van der Waals surface area (Å²) in [6.45, 7) is 0.944. The van der Waals surface area contributed by atoms with Crippen molar-refractivity contribution in [1.82, 2.24) is 23.4 Å². The van der Waals surface area contributed by atoms with Crippen molar-refractivity contribution in [3.8, 4) is 5.75 Å². The van der Waals surface area contributed by atoms with E-state index in [9.17, 15) is 8.42 Å². The molecule has 0 aromatic carbocycles. The lowest BCUT2D eigenvalue weighted by molar-refractivity contribution is 0.178. The number of ether oxygens (including phenoxy) is 1. The van der Waals surface area contributed by atoms with Gasteiger partial charge in [0.15, 0.2) is 0 Å². The molecule has 3 heterocycles. The Morgan fingerprint density at radius 2 is 2.17 bits per heavy atom. The molecule has 9 heteroatoms. The Kier molecular flexibility index (Phi) is 4.33.